The summed E-state index contributed by atoms with van der Waals surface area (Å²) in [6, 6.07) is 1.82. The molecule has 0 aromatic carbocycles. The van der Waals surface area contributed by atoms with Gasteiger partial charge >= 0.3 is 0 Å². The van der Waals surface area contributed by atoms with Crippen LogP contribution in [0.1, 0.15) is 11.7 Å². The number of hydrogen-bond donors (Lipinski definition) is 2. The van der Waals surface area contributed by atoms with E-state index in [1.54, 1.807) is 17.8 Å². The summed E-state index contributed by atoms with van der Waals surface area (Å²) in [5.74, 6) is 1.13. The second-order valence-corrected chi connectivity index (χ2v) is 3.74. The third-order valence-electron chi connectivity index (χ3n) is 2.19. The van der Waals surface area contributed by atoms with Gasteiger partial charge in [-0.15, -0.1) is 0 Å². The van der Waals surface area contributed by atoms with Gasteiger partial charge in [0.05, 0.1) is 19.2 Å². The molecule has 2 aromatic heterocycles. The number of nitrogens with one attached hydrogen (secondary N) is 1. The van der Waals surface area contributed by atoms with Gasteiger partial charge in [0.1, 0.15) is 0 Å². The number of rotatable bonds is 6. The minimum absolute atomic E-state index is 0.452. The molecule has 0 saturated carbocycles. The predicted octanol–water partition coefficient (Wildman–Crippen LogP) is -0.275. The Morgan fingerprint density at radius 3 is 3.12 bits per heavy atom. The Hall–Kier alpha value is -1.73. The molecule has 2 rings (SSSR count). The van der Waals surface area contributed by atoms with E-state index in [0.717, 1.165) is 0 Å². The lowest BCUT2D eigenvalue weighted by atomic mass is 10.3. The number of nitrogens with zero attached hydrogens (tertiary/aromatic N) is 4. The zero-order valence-corrected chi connectivity index (χ0v) is 9.58. The molecule has 0 radical (unpaired) electrons. The Balaban J connectivity index is 1.68. The summed E-state index contributed by atoms with van der Waals surface area (Å²) in [6.45, 7) is 3.13. The number of aromatic nitrogens is 4. The van der Waals surface area contributed by atoms with Crippen LogP contribution in [0.25, 0.3) is 0 Å². The molecule has 2 aromatic rings. The van der Waals surface area contributed by atoms with Crippen molar-refractivity contribution in [2.75, 3.05) is 6.54 Å². The summed E-state index contributed by atoms with van der Waals surface area (Å²) in [7, 11) is 0. The molecular formula is C10H15N5O2. The van der Waals surface area contributed by atoms with Crippen molar-refractivity contribution in [1.29, 1.82) is 0 Å². The molecule has 7 heteroatoms. The minimum Gasteiger partial charge on any atom is -0.390 e. The van der Waals surface area contributed by atoms with Crippen LogP contribution in [-0.2, 0) is 13.1 Å². The van der Waals surface area contributed by atoms with Gasteiger partial charge in [-0.25, -0.2) is 0 Å². The predicted molar refractivity (Wildman–Crippen MR) is 59.0 cm³/mol. The van der Waals surface area contributed by atoms with Crippen LogP contribution < -0.4 is 5.32 Å². The lowest BCUT2D eigenvalue weighted by Gasteiger charge is -2.10. The van der Waals surface area contributed by atoms with Crippen LogP contribution in [0.15, 0.2) is 23.0 Å². The Labute approximate surface area is 98.4 Å². The fourth-order valence-corrected chi connectivity index (χ4v) is 1.45. The van der Waals surface area contributed by atoms with E-state index in [0.29, 0.717) is 31.3 Å². The third kappa shape index (κ3) is 3.65. The molecule has 92 valence electrons. The van der Waals surface area contributed by atoms with Crippen LogP contribution in [0.4, 0.5) is 0 Å². The first-order chi connectivity index (χ1) is 8.24. The van der Waals surface area contributed by atoms with Crippen LogP contribution in [0.3, 0.4) is 0 Å². The van der Waals surface area contributed by atoms with E-state index >= 15 is 0 Å². The maximum absolute atomic E-state index is 9.72. The van der Waals surface area contributed by atoms with Crippen LogP contribution in [0.2, 0.25) is 0 Å². The maximum Gasteiger partial charge on any atom is 0.223 e. The zero-order chi connectivity index (χ0) is 12.1. The summed E-state index contributed by atoms with van der Waals surface area (Å²) < 4.78 is 6.51. The second-order valence-electron chi connectivity index (χ2n) is 3.74. The average molecular weight is 237 g/mol. The normalized spacial score (nSPS) is 12.8. The summed E-state index contributed by atoms with van der Waals surface area (Å²) in [4.78, 5) is 4.04. The average Bonchev–Trinajstić information content (AvgIpc) is 2.90. The summed E-state index contributed by atoms with van der Waals surface area (Å²) in [6.07, 6.45) is 3.00. The van der Waals surface area contributed by atoms with Gasteiger partial charge in [0.25, 0.3) is 0 Å². The van der Waals surface area contributed by atoms with E-state index in [1.807, 2.05) is 12.3 Å². The number of hydrogen-bond acceptors (Lipinski definition) is 6. The fraction of sp³-hybridized carbons (Fsp3) is 0.500. The van der Waals surface area contributed by atoms with Gasteiger partial charge in [-0.2, -0.15) is 10.1 Å². The van der Waals surface area contributed by atoms with Gasteiger partial charge in [0, 0.05) is 25.9 Å². The standard InChI is InChI=1S/C10H15N5O2/c1-8-13-10(14-17-8)6-11-5-9(16)7-15-4-2-3-12-15/h2-4,9,11,16H,5-7H2,1H3. The quantitative estimate of drug-likeness (QED) is 0.718. The molecule has 0 aliphatic carbocycles. The molecule has 0 bridgehead atoms. The Morgan fingerprint density at radius 2 is 2.47 bits per heavy atom. The topological polar surface area (TPSA) is 89.0 Å². The van der Waals surface area contributed by atoms with E-state index in [2.05, 4.69) is 20.6 Å². The highest BCUT2D eigenvalue weighted by atomic mass is 16.5. The van der Waals surface area contributed by atoms with Crippen LogP contribution in [0.5, 0.6) is 0 Å². The van der Waals surface area contributed by atoms with Crippen molar-refractivity contribution in [1.82, 2.24) is 25.2 Å². The molecule has 1 atom stereocenters. The first kappa shape index (κ1) is 11.7. The van der Waals surface area contributed by atoms with Crippen molar-refractivity contribution in [3.8, 4) is 0 Å². The summed E-state index contributed by atoms with van der Waals surface area (Å²) in [5.41, 5.74) is 0. The van der Waals surface area contributed by atoms with E-state index in [9.17, 15) is 5.11 Å². The molecule has 2 heterocycles. The summed E-state index contributed by atoms with van der Waals surface area (Å²) >= 11 is 0. The Kier molecular flexibility index (Phi) is 3.84. The van der Waals surface area contributed by atoms with E-state index in [-0.39, 0.29) is 0 Å². The molecular weight excluding hydrogens is 222 g/mol. The molecule has 17 heavy (non-hydrogen) atoms. The lowest BCUT2D eigenvalue weighted by molar-refractivity contribution is 0.146. The lowest BCUT2D eigenvalue weighted by Crippen LogP contribution is -2.30. The highest BCUT2D eigenvalue weighted by molar-refractivity contribution is 4.83. The van der Waals surface area contributed by atoms with Crippen molar-refractivity contribution in [2.45, 2.75) is 26.1 Å². The van der Waals surface area contributed by atoms with Crippen molar-refractivity contribution in [2.24, 2.45) is 0 Å². The first-order valence-corrected chi connectivity index (χ1v) is 5.39. The maximum atomic E-state index is 9.72. The van der Waals surface area contributed by atoms with Crippen LogP contribution in [0, 0.1) is 6.92 Å². The first-order valence-electron chi connectivity index (χ1n) is 5.39. The van der Waals surface area contributed by atoms with Crippen LogP contribution >= 0.6 is 0 Å². The molecule has 0 fully saturated rings. The summed E-state index contributed by atoms with van der Waals surface area (Å²) in [5, 5.41) is 20.5. The third-order valence-corrected chi connectivity index (χ3v) is 2.19. The monoisotopic (exact) mass is 237 g/mol. The number of aliphatic hydroxyl groups is 1. The largest absolute Gasteiger partial charge is 0.390 e. The van der Waals surface area contributed by atoms with Crippen molar-refractivity contribution in [3.63, 3.8) is 0 Å². The second kappa shape index (κ2) is 5.55. The Morgan fingerprint density at radius 1 is 1.59 bits per heavy atom. The van der Waals surface area contributed by atoms with Crippen LogP contribution in [-0.4, -0.2) is 37.7 Å². The molecule has 0 aliphatic rings. The van der Waals surface area contributed by atoms with Crippen molar-refractivity contribution < 1.29 is 9.63 Å². The highest BCUT2D eigenvalue weighted by Crippen LogP contribution is 1.95. The van der Waals surface area contributed by atoms with Gasteiger partial charge < -0.3 is 14.9 Å². The van der Waals surface area contributed by atoms with E-state index < -0.39 is 6.10 Å². The van der Waals surface area contributed by atoms with Gasteiger partial charge in [0.2, 0.25) is 5.89 Å². The minimum atomic E-state index is -0.497. The van der Waals surface area contributed by atoms with Crippen molar-refractivity contribution in [3.05, 3.63) is 30.2 Å². The molecule has 0 amide bonds. The smallest absolute Gasteiger partial charge is 0.223 e. The molecule has 2 N–H and O–H groups in total. The van der Waals surface area contributed by atoms with E-state index in [1.165, 1.54) is 0 Å². The van der Waals surface area contributed by atoms with Gasteiger partial charge in [-0.3, -0.25) is 4.68 Å². The molecule has 0 saturated heterocycles. The van der Waals surface area contributed by atoms with Crippen molar-refractivity contribution >= 4 is 0 Å². The number of aryl methyl sites for hydroxylation is 1. The van der Waals surface area contributed by atoms with Gasteiger partial charge in [0.15, 0.2) is 5.82 Å². The van der Waals surface area contributed by atoms with Gasteiger partial charge in [-0.1, -0.05) is 5.16 Å². The molecule has 0 aliphatic heterocycles. The van der Waals surface area contributed by atoms with E-state index in [4.69, 9.17) is 4.52 Å². The molecule has 1 unspecified atom stereocenters. The zero-order valence-electron chi connectivity index (χ0n) is 9.58. The Bertz CT molecular complexity index is 439. The van der Waals surface area contributed by atoms with Gasteiger partial charge in [-0.05, 0) is 6.07 Å². The molecule has 0 spiro atoms. The highest BCUT2D eigenvalue weighted by Gasteiger charge is 2.06. The SMILES string of the molecule is Cc1nc(CNCC(O)Cn2cccn2)no1. The fourth-order valence-electron chi connectivity index (χ4n) is 1.45. The number of aliphatic hydroxyl groups excluding tert-OH is 1. The molecule has 7 nitrogen and oxygen atoms in total.